The first kappa shape index (κ1) is 12.9. The highest BCUT2D eigenvalue weighted by molar-refractivity contribution is 7.98. The summed E-state index contributed by atoms with van der Waals surface area (Å²) in [6.07, 6.45) is 3.34. The number of nitrogens with one attached hydrogen (secondary N) is 2. The molecule has 0 aliphatic rings. The molecule has 0 amide bonds. The highest BCUT2D eigenvalue weighted by atomic mass is 32.2. The van der Waals surface area contributed by atoms with Crippen LogP contribution in [0.3, 0.4) is 0 Å². The van der Waals surface area contributed by atoms with Gasteiger partial charge in [-0.25, -0.2) is 19.3 Å². The average Bonchev–Trinajstić information content (AvgIpc) is 2.68. The molecule has 0 saturated carbocycles. The third kappa shape index (κ3) is 2.82. The number of H-pyrrole nitrogens is 1. The van der Waals surface area contributed by atoms with Gasteiger partial charge in [-0.3, -0.25) is 0 Å². The molecule has 98 valence electrons. The number of hydrogen-bond acceptors (Lipinski definition) is 6. The number of rotatable bonds is 5. The van der Waals surface area contributed by atoms with Crippen molar-refractivity contribution in [2.45, 2.75) is 12.5 Å². The molecule has 2 heterocycles. The lowest BCUT2D eigenvalue weighted by molar-refractivity contribution is 0.0996. The van der Waals surface area contributed by atoms with E-state index in [1.807, 2.05) is 6.26 Å². The second-order valence-electron chi connectivity index (χ2n) is 4.31. The Hall–Kier alpha value is -1.54. The summed E-state index contributed by atoms with van der Waals surface area (Å²) in [7, 11) is 0. The van der Waals surface area contributed by atoms with Crippen LogP contribution in [-0.2, 0) is 0 Å². The van der Waals surface area contributed by atoms with E-state index in [1.54, 1.807) is 24.8 Å². The second kappa shape index (κ2) is 4.99. The number of aliphatic hydroxyl groups is 1. The highest BCUT2D eigenvalue weighted by Gasteiger charge is 2.19. The summed E-state index contributed by atoms with van der Waals surface area (Å²) in [5.74, 6) is 1.20. The van der Waals surface area contributed by atoms with Gasteiger partial charge < -0.3 is 10.4 Å². The van der Waals surface area contributed by atoms with Gasteiger partial charge in [0, 0.05) is 18.4 Å². The maximum atomic E-state index is 11.2. The number of fused-ring (bicyclic) bond motifs is 1. The summed E-state index contributed by atoms with van der Waals surface area (Å²) in [6.45, 7) is 2.14. The third-order valence-corrected chi connectivity index (χ3v) is 3.33. The van der Waals surface area contributed by atoms with Crippen LogP contribution in [0.2, 0.25) is 0 Å². The predicted molar refractivity (Wildman–Crippen MR) is 71.1 cm³/mol. The normalized spacial score (nSPS) is 14.6. The maximum Gasteiger partial charge on any atom is 0.348 e. The summed E-state index contributed by atoms with van der Waals surface area (Å²) in [6, 6.07) is 1.65. The van der Waals surface area contributed by atoms with Crippen LogP contribution in [0.4, 0.5) is 5.82 Å². The maximum absolute atomic E-state index is 11.2. The third-order valence-electron chi connectivity index (χ3n) is 2.42. The number of aromatic nitrogens is 4. The van der Waals surface area contributed by atoms with Crippen molar-refractivity contribution in [3.8, 4) is 0 Å². The van der Waals surface area contributed by atoms with Crippen LogP contribution < -0.4 is 11.0 Å². The number of thioether (sulfide) groups is 1. The Labute approximate surface area is 108 Å². The zero-order chi connectivity index (χ0) is 13.2. The lowest BCUT2D eigenvalue weighted by atomic mass is 10.1. The van der Waals surface area contributed by atoms with Crippen molar-refractivity contribution in [1.29, 1.82) is 0 Å². The van der Waals surface area contributed by atoms with E-state index in [0.717, 1.165) is 0 Å². The van der Waals surface area contributed by atoms with Crippen molar-refractivity contribution in [2.75, 3.05) is 23.9 Å². The van der Waals surface area contributed by atoms with Crippen molar-refractivity contribution in [3.63, 3.8) is 0 Å². The standard InChI is InChI=1S/C10H15N5O2S/c1-10(17,5-18-2)4-11-7-3-8-13-14-9(16)15(8)6-12-7/h3,6,11,17H,4-5H2,1-2H3,(H,14,16). The summed E-state index contributed by atoms with van der Waals surface area (Å²) in [5.41, 5.74) is -0.640. The average molecular weight is 269 g/mol. The number of hydrogen-bond donors (Lipinski definition) is 3. The molecule has 18 heavy (non-hydrogen) atoms. The lowest BCUT2D eigenvalue weighted by Gasteiger charge is -2.22. The van der Waals surface area contributed by atoms with E-state index in [4.69, 9.17) is 0 Å². The van der Waals surface area contributed by atoms with Crippen LogP contribution in [-0.4, -0.2) is 48.8 Å². The molecule has 0 aromatic carbocycles. The van der Waals surface area contributed by atoms with E-state index in [9.17, 15) is 9.90 Å². The van der Waals surface area contributed by atoms with Gasteiger partial charge in [-0.15, -0.1) is 0 Å². The molecule has 0 spiro atoms. The Kier molecular flexibility index (Phi) is 3.58. The van der Waals surface area contributed by atoms with Crippen LogP contribution in [0, 0.1) is 0 Å². The molecule has 1 atom stereocenters. The quantitative estimate of drug-likeness (QED) is 0.704. The molecule has 0 saturated heterocycles. The van der Waals surface area contributed by atoms with Crippen LogP contribution in [0.1, 0.15) is 6.92 Å². The van der Waals surface area contributed by atoms with Crippen molar-refractivity contribution in [2.24, 2.45) is 0 Å². The highest BCUT2D eigenvalue weighted by Crippen LogP contribution is 2.12. The Morgan fingerprint density at radius 2 is 2.44 bits per heavy atom. The van der Waals surface area contributed by atoms with Gasteiger partial charge in [-0.2, -0.15) is 16.9 Å². The second-order valence-corrected chi connectivity index (χ2v) is 5.18. The van der Waals surface area contributed by atoms with E-state index in [0.29, 0.717) is 23.8 Å². The van der Waals surface area contributed by atoms with Gasteiger partial charge in [-0.05, 0) is 13.2 Å². The van der Waals surface area contributed by atoms with Gasteiger partial charge in [0.25, 0.3) is 0 Å². The SMILES string of the molecule is CSCC(C)(O)CNc1cc2n[nH]c(=O)n2cn1. The molecule has 7 nitrogen and oxygen atoms in total. The van der Waals surface area contributed by atoms with Crippen LogP contribution in [0.15, 0.2) is 17.2 Å². The molecule has 0 radical (unpaired) electrons. The minimum atomic E-state index is -0.807. The first-order chi connectivity index (χ1) is 8.52. The smallest absolute Gasteiger partial charge is 0.348 e. The van der Waals surface area contributed by atoms with E-state index in [1.165, 1.54) is 10.7 Å². The van der Waals surface area contributed by atoms with Crippen LogP contribution >= 0.6 is 11.8 Å². The number of nitrogens with zero attached hydrogens (tertiary/aromatic N) is 3. The van der Waals surface area contributed by atoms with E-state index in [-0.39, 0.29) is 5.69 Å². The molecule has 0 aliphatic carbocycles. The zero-order valence-corrected chi connectivity index (χ0v) is 11.0. The topological polar surface area (TPSA) is 95.3 Å². The monoisotopic (exact) mass is 269 g/mol. The van der Waals surface area contributed by atoms with Crippen LogP contribution in [0.25, 0.3) is 5.65 Å². The van der Waals surface area contributed by atoms with E-state index < -0.39 is 5.60 Å². The van der Waals surface area contributed by atoms with Gasteiger partial charge in [0.05, 0.1) is 5.60 Å². The van der Waals surface area contributed by atoms with Gasteiger partial charge in [-0.1, -0.05) is 0 Å². The minimum Gasteiger partial charge on any atom is -0.387 e. The van der Waals surface area contributed by atoms with Crippen molar-refractivity contribution in [3.05, 3.63) is 22.9 Å². The molecule has 2 aromatic heterocycles. The molecule has 0 aliphatic heterocycles. The summed E-state index contributed by atoms with van der Waals surface area (Å²) in [5, 5.41) is 19.2. The van der Waals surface area contributed by atoms with Crippen molar-refractivity contribution >= 4 is 23.2 Å². The molecule has 0 fully saturated rings. The first-order valence-electron chi connectivity index (χ1n) is 5.40. The molecule has 0 bridgehead atoms. The fraction of sp³-hybridized carbons (Fsp3) is 0.500. The largest absolute Gasteiger partial charge is 0.387 e. The van der Waals surface area contributed by atoms with E-state index >= 15 is 0 Å². The Balaban J connectivity index is 2.10. The zero-order valence-electron chi connectivity index (χ0n) is 10.2. The molecule has 3 N–H and O–H groups in total. The van der Waals surface area contributed by atoms with Crippen LogP contribution in [0.5, 0.6) is 0 Å². The van der Waals surface area contributed by atoms with Crippen molar-refractivity contribution < 1.29 is 5.11 Å². The van der Waals surface area contributed by atoms with Gasteiger partial charge in [0.1, 0.15) is 12.1 Å². The fourth-order valence-corrected chi connectivity index (χ4v) is 2.27. The summed E-state index contributed by atoms with van der Waals surface area (Å²) < 4.78 is 1.31. The molecular weight excluding hydrogens is 254 g/mol. The number of aromatic amines is 1. The predicted octanol–water partition coefficient (Wildman–Crippen LogP) is -0.0565. The van der Waals surface area contributed by atoms with Gasteiger partial charge in [0.2, 0.25) is 0 Å². The summed E-state index contributed by atoms with van der Waals surface area (Å²) >= 11 is 1.58. The minimum absolute atomic E-state index is 0.321. The van der Waals surface area contributed by atoms with Crippen molar-refractivity contribution in [1.82, 2.24) is 19.6 Å². The Morgan fingerprint density at radius 3 is 3.17 bits per heavy atom. The molecule has 1 unspecified atom stereocenters. The Bertz CT molecular complexity index is 591. The summed E-state index contributed by atoms with van der Waals surface area (Å²) in [4.78, 5) is 15.3. The van der Waals surface area contributed by atoms with Gasteiger partial charge in [0.15, 0.2) is 5.65 Å². The number of anilines is 1. The van der Waals surface area contributed by atoms with Gasteiger partial charge >= 0.3 is 5.69 Å². The Morgan fingerprint density at radius 1 is 1.67 bits per heavy atom. The first-order valence-corrected chi connectivity index (χ1v) is 6.79. The fourth-order valence-electron chi connectivity index (χ4n) is 1.55. The molecular formula is C10H15N5O2S. The molecule has 8 heteroatoms. The van der Waals surface area contributed by atoms with E-state index in [2.05, 4.69) is 20.5 Å². The molecule has 2 aromatic rings. The lowest BCUT2D eigenvalue weighted by Crippen LogP contribution is -2.36. The molecule has 2 rings (SSSR count).